The third-order valence-corrected chi connectivity index (χ3v) is 4.12. The summed E-state index contributed by atoms with van der Waals surface area (Å²) in [5.74, 6) is 1.82. The molecule has 0 atom stereocenters. The molecule has 3 rings (SSSR count). The number of rotatable bonds is 4. The molecule has 1 aliphatic rings. The standard InChI is InChI=1S/C19H20O2.2C2H6/c20-18-11-9-16(10-12-18)17-7-4-8-19(13-17)21-14-15-5-2-1-3-6-15;2*1-2/h1-8,13,16H,9-12,14H2;2*1-2H3. The first-order valence-corrected chi connectivity index (χ1v) is 9.59. The van der Waals surface area contributed by atoms with Crippen molar-refractivity contribution >= 4 is 5.78 Å². The first-order chi connectivity index (χ1) is 12.3. The lowest BCUT2D eigenvalue weighted by molar-refractivity contribution is -0.120. The Labute approximate surface area is 153 Å². The minimum absolute atomic E-state index is 0.405. The average Bonchev–Trinajstić information content (AvgIpc) is 2.71. The van der Waals surface area contributed by atoms with Crippen LogP contribution < -0.4 is 4.74 Å². The minimum atomic E-state index is 0.405. The predicted molar refractivity (Wildman–Crippen MR) is 106 cm³/mol. The molecule has 2 aromatic carbocycles. The van der Waals surface area contributed by atoms with Crippen LogP contribution in [0.1, 0.15) is 70.4 Å². The van der Waals surface area contributed by atoms with Crippen LogP contribution in [0.3, 0.4) is 0 Å². The van der Waals surface area contributed by atoms with Gasteiger partial charge in [0.2, 0.25) is 0 Å². The van der Waals surface area contributed by atoms with E-state index < -0.39 is 0 Å². The van der Waals surface area contributed by atoms with Crippen molar-refractivity contribution in [3.63, 3.8) is 0 Å². The molecule has 0 radical (unpaired) electrons. The number of carbonyl (C=O) groups is 1. The van der Waals surface area contributed by atoms with Crippen LogP contribution >= 0.6 is 0 Å². The van der Waals surface area contributed by atoms with Gasteiger partial charge in [0.1, 0.15) is 18.1 Å². The lowest BCUT2D eigenvalue weighted by Crippen LogP contribution is -2.12. The predicted octanol–water partition coefficient (Wildman–Crippen LogP) is 6.54. The van der Waals surface area contributed by atoms with Gasteiger partial charge in [-0.05, 0) is 42.0 Å². The molecule has 0 bridgehead atoms. The third kappa shape index (κ3) is 7.13. The SMILES string of the molecule is CC.CC.O=C1CCC(c2cccc(OCc3ccccc3)c2)CC1. The van der Waals surface area contributed by atoms with Crippen molar-refractivity contribution in [2.75, 3.05) is 0 Å². The molecule has 2 nitrogen and oxygen atoms in total. The van der Waals surface area contributed by atoms with Gasteiger partial charge in [-0.2, -0.15) is 0 Å². The Kier molecular flexibility index (Phi) is 10.3. The quantitative estimate of drug-likeness (QED) is 0.631. The smallest absolute Gasteiger partial charge is 0.132 e. The Hall–Kier alpha value is -2.09. The number of carbonyl (C=O) groups excluding carboxylic acids is 1. The molecule has 0 N–H and O–H groups in total. The molecule has 2 heteroatoms. The summed E-state index contributed by atoms with van der Waals surface area (Å²) >= 11 is 0. The fraction of sp³-hybridized carbons (Fsp3) is 0.435. The van der Waals surface area contributed by atoms with E-state index in [2.05, 4.69) is 24.3 Å². The molecule has 1 fully saturated rings. The van der Waals surface area contributed by atoms with Crippen molar-refractivity contribution in [3.8, 4) is 5.75 Å². The van der Waals surface area contributed by atoms with Gasteiger partial charge in [-0.1, -0.05) is 70.2 Å². The molecule has 0 aliphatic heterocycles. The van der Waals surface area contributed by atoms with Crippen LogP contribution in [0, 0.1) is 0 Å². The molecule has 136 valence electrons. The Morgan fingerprint density at radius 1 is 0.880 bits per heavy atom. The lowest BCUT2D eigenvalue weighted by atomic mass is 9.83. The fourth-order valence-electron chi connectivity index (χ4n) is 2.87. The van der Waals surface area contributed by atoms with Crippen molar-refractivity contribution in [1.29, 1.82) is 0 Å². The summed E-state index contributed by atoms with van der Waals surface area (Å²) in [5.41, 5.74) is 2.47. The maximum absolute atomic E-state index is 11.3. The summed E-state index contributed by atoms with van der Waals surface area (Å²) in [6, 6.07) is 18.5. The summed E-state index contributed by atoms with van der Waals surface area (Å²) in [5, 5.41) is 0. The van der Waals surface area contributed by atoms with E-state index in [1.165, 1.54) is 11.1 Å². The molecule has 2 aromatic rings. The second-order valence-corrected chi connectivity index (χ2v) is 5.66. The number of ketones is 1. The number of hydrogen-bond acceptors (Lipinski definition) is 2. The maximum Gasteiger partial charge on any atom is 0.132 e. The number of hydrogen-bond donors (Lipinski definition) is 0. The van der Waals surface area contributed by atoms with Crippen LogP contribution in [-0.4, -0.2) is 5.78 Å². The van der Waals surface area contributed by atoms with E-state index in [1.807, 2.05) is 58.0 Å². The first-order valence-electron chi connectivity index (χ1n) is 9.59. The van der Waals surface area contributed by atoms with Gasteiger partial charge in [0.15, 0.2) is 0 Å². The maximum atomic E-state index is 11.3. The second-order valence-electron chi connectivity index (χ2n) is 5.66. The third-order valence-electron chi connectivity index (χ3n) is 4.12. The lowest BCUT2D eigenvalue weighted by Gasteiger charge is -2.21. The summed E-state index contributed by atoms with van der Waals surface area (Å²) in [6.45, 7) is 8.59. The van der Waals surface area contributed by atoms with Crippen molar-refractivity contribution < 1.29 is 9.53 Å². The fourth-order valence-corrected chi connectivity index (χ4v) is 2.87. The summed E-state index contributed by atoms with van der Waals surface area (Å²) in [4.78, 5) is 11.3. The molecule has 0 spiro atoms. The molecule has 0 heterocycles. The Bertz CT molecular complexity index is 594. The first kappa shape index (κ1) is 21.0. The highest BCUT2D eigenvalue weighted by molar-refractivity contribution is 5.79. The Morgan fingerprint density at radius 3 is 2.16 bits per heavy atom. The van der Waals surface area contributed by atoms with E-state index in [0.29, 0.717) is 18.3 Å². The topological polar surface area (TPSA) is 26.3 Å². The van der Waals surface area contributed by atoms with Crippen LogP contribution in [0.4, 0.5) is 0 Å². The Morgan fingerprint density at radius 2 is 1.52 bits per heavy atom. The van der Waals surface area contributed by atoms with Crippen molar-refractivity contribution in [2.45, 2.75) is 65.9 Å². The second kappa shape index (κ2) is 12.3. The number of benzene rings is 2. The van der Waals surface area contributed by atoms with E-state index in [9.17, 15) is 4.79 Å². The molecule has 0 saturated heterocycles. The largest absolute Gasteiger partial charge is 0.489 e. The van der Waals surface area contributed by atoms with Gasteiger partial charge < -0.3 is 4.74 Å². The van der Waals surface area contributed by atoms with Crippen molar-refractivity contribution in [3.05, 3.63) is 65.7 Å². The zero-order valence-corrected chi connectivity index (χ0v) is 16.1. The minimum Gasteiger partial charge on any atom is -0.489 e. The van der Waals surface area contributed by atoms with Gasteiger partial charge in [-0.3, -0.25) is 4.79 Å². The summed E-state index contributed by atoms with van der Waals surface area (Å²) in [7, 11) is 0. The van der Waals surface area contributed by atoms with Gasteiger partial charge in [-0.15, -0.1) is 0 Å². The highest BCUT2D eigenvalue weighted by Gasteiger charge is 2.20. The molecule has 1 saturated carbocycles. The molecule has 0 amide bonds. The molecule has 1 aliphatic carbocycles. The molecular weight excluding hydrogens is 308 g/mol. The zero-order valence-electron chi connectivity index (χ0n) is 16.1. The van der Waals surface area contributed by atoms with Gasteiger partial charge in [0, 0.05) is 12.8 Å². The number of ether oxygens (including phenoxy) is 1. The van der Waals surface area contributed by atoms with E-state index in [1.54, 1.807) is 0 Å². The van der Waals surface area contributed by atoms with Gasteiger partial charge in [0.05, 0.1) is 0 Å². The molecule has 25 heavy (non-hydrogen) atoms. The van der Waals surface area contributed by atoms with E-state index in [-0.39, 0.29) is 0 Å². The van der Waals surface area contributed by atoms with E-state index in [0.717, 1.165) is 31.4 Å². The monoisotopic (exact) mass is 340 g/mol. The Balaban J connectivity index is 0.000000730. The molecule has 0 unspecified atom stereocenters. The van der Waals surface area contributed by atoms with E-state index >= 15 is 0 Å². The van der Waals surface area contributed by atoms with E-state index in [4.69, 9.17) is 4.74 Å². The van der Waals surface area contributed by atoms with Gasteiger partial charge >= 0.3 is 0 Å². The van der Waals surface area contributed by atoms with Crippen LogP contribution in [0.15, 0.2) is 54.6 Å². The van der Waals surface area contributed by atoms with Crippen LogP contribution in [0.2, 0.25) is 0 Å². The van der Waals surface area contributed by atoms with Gasteiger partial charge in [0.25, 0.3) is 0 Å². The van der Waals surface area contributed by atoms with Crippen LogP contribution in [0.25, 0.3) is 0 Å². The summed E-state index contributed by atoms with van der Waals surface area (Å²) in [6.07, 6.45) is 3.39. The van der Waals surface area contributed by atoms with Crippen molar-refractivity contribution in [2.24, 2.45) is 0 Å². The van der Waals surface area contributed by atoms with Crippen LogP contribution in [-0.2, 0) is 11.4 Å². The highest BCUT2D eigenvalue weighted by Crippen LogP contribution is 2.32. The van der Waals surface area contributed by atoms with Crippen LogP contribution in [0.5, 0.6) is 5.75 Å². The van der Waals surface area contributed by atoms with Gasteiger partial charge in [-0.25, -0.2) is 0 Å². The zero-order chi connectivity index (χ0) is 18.5. The normalized spacial score (nSPS) is 13.8. The average molecular weight is 341 g/mol. The highest BCUT2D eigenvalue weighted by atomic mass is 16.5. The molecular formula is C23H32O2. The number of Topliss-reactive ketones (excluding diaryl/α,β-unsaturated/α-hetero) is 1. The molecule has 0 aromatic heterocycles. The summed E-state index contributed by atoms with van der Waals surface area (Å²) < 4.78 is 5.88. The van der Waals surface area contributed by atoms with Crippen molar-refractivity contribution in [1.82, 2.24) is 0 Å².